The van der Waals surface area contributed by atoms with E-state index in [2.05, 4.69) is 26.9 Å². The molecule has 6 nitrogen and oxygen atoms in total. The van der Waals surface area contributed by atoms with Crippen molar-refractivity contribution in [2.75, 3.05) is 13.1 Å². The van der Waals surface area contributed by atoms with Gasteiger partial charge in [0.25, 0.3) is 0 Å². The number of nitrogens with zero attached hydrogens (tertiary/aromatic N) is 4. The summed E-state index contributed by atoms with van der Waals surface area (Å²) in [7, 11) is 0. The number of pyridine rings is 1. The monoisotopic (exact) mass is 316 g/mol. The molecular formula is C17H24N4O2. The van der Waals surface area contributed by atoms with Gasteiger partial charge in [0, 0.05) is 37.8 Å². The van der Waals surface area contributed by atoms with Crippen molar-refractivity contribution in [2.24, 2.45) is 0 Å². The Kier molecular flexibility index (Phi) is 4.73. The Bertz CT molecular complexity index is 621. The van der Waals surface area contributed by atoms with Gasteiger partial charge in [0.15, 0.2) is 5.82 Å². The molecule has 2 aromatic rings. The number of aromatic nitrogens is 3. The van der Waals surface area contributed by atoms with Gasteiger partial charge in [-0.2, -0.15) is 4.98 Å². The van der Waals surface area contributed by atoms with Crippen LogP contribution >= 0.6 is 0 Å². The standard InChI is InChI=1S/C17H24N4O2/c1-3-15-19-16(23-20-15)13(2)21-10-7-17(22,8-11-21)12-14-6-4-5-9-18-14/h4-6,9,13,22H,3,7-8,10-12H2,1-2H3. The first-order valence-corrected chi connectivity index (χ1v) is 8.28. The van der Waals surface area contributed by atoms with Crippen molar-refractivity contribution in [1.29, 1.82) is 0 Å². The van der Waals surface area contributed by atoms with Crippen LogP contribution in [-0.4, -0.2) is 43.8 Å². The highest BCUT2D eigenvalue weighted by atomic mass is 16.5. The summed E-state index contributed by atoms with van der Waals surface area (Å²) in [5.41, 5.74) is 0.273. The van der Waals surface area contributed by atoms with Crippen LogP contribution in [0.5, 0.6) is 0 Å². The van der Waals surface area contributed by atoms with E-state index in [-0.39, 0.29) is 6.04 Å². The second kappa shape index (κ2) is 6.76. The van der Waals surface area contributed by atoms with E-state index in [1.54, 1.807) is 6.20 Å². The minimum absolute atomic E-state index is 0.0854. The van der Waals surface area contributed by atoms with E-state index in [9.17, 15) is 5.11 Å². The van der Waals surface area contributed by atoms with Crippen LogP contribution in [-0.2, 0) is 12.8 Å². The summed E-state index contributed by atoms with van der Waals surface area (Å²) in [5.74, 6) is 1.41. The third-order valence-corrected chi connectivity index (χ3v) is 4.67. The Labute approximate surface area is 136 Å². The summed E-state index contributed by atoms with van der Waals surface area (Å²) in [5, 5.41) is 14.8. The van der Waals surface area contributed by atoms with Crippen LogP contribution < -0.4 is 0 Å². The molecule has 124 valence electrons. The van der Waals surface area contributed by atoms with Crippen LogP contribution in [0.2, 0.25) is 0 Å². The van der Waals surface area contributed by atoms with Gasteiger partial charge in [0.1, 0.15) is 0 Å². The molecule has 1 atom stereocenters. The van der Waals surface area contributed by atoms with E-state index in [1.807, 2.05) is 25.1 Å². The lowest BCUT2D eigenvalue weighted by atomic mass is 9.86. The zero-order valence-corrected chi connectivity index (χ0v) is 13.8. The molecule has 1 saturated heterocycles. The molecule has 0 aliphatic carbocycles. The van der Waals surface area contributed by atoms with E-state index in [0.29, 0.717) is 12.3 Å². The Hall–Kier alpha value is -1.79. The fourth-order valence-electron chi connectivity index (χ4n) is 3.08. The van der Waals surface area contributed by atoms with Crippen molar-refractivity contribution in [1.82, 2.24) is 20.0 Å². The molecule has 1 N–H and O–H groups in total. The summed E-state index contributed by atoms with van der Waals surface area (Å²) in [4.78, 5) is 11.0. The van der Waals surface area contributed by atoms with Crippen molar-refractivity contribution in [3.8, 4) is 0 Å². The lowest BCUT2D eigenvalue weighted by Crippen LogP contribution is -2.46. The van der Waals surface area contributed by atoms with Crippen molar-refractivity contribution in [3.63, 3.8) is 0 Å². The van der Waals surface area contributed by atoms with Gasteiger partial charge in [0.2, 0.25) is 5.89 Å². The fourth-order valence-corrected chi connectivity index (χ4v) is 3.08. The van der Waals surface area contributed by atoms with E-state index in [1.165, 1.54) is 0 Å². The van der Waals surface area contributed by atoms with Gasteiger partial charge < -0.3 is 9.63 Å². The van der Waals surface area contributed by atoms with Gasteiger partial charge in [-0.3, -0.25) is 9.88 Å². The lowest BCUT2D eigenvalue weighted by Gasteiger charge is -2.39. The molecule has 1 fully saturated rings. The van der Waals surface area contributed by atoms with Gasteiger partial charge in [-0.05, 0) is 31.9 Å². The van der Waals surface area contributed by atoms with Crippen molar-refractivity contribution < 1.29 is 9.63 Å². The average molecular weight is 316 g/mol. The molecular weight excluding hydrogens is 292 g/mol. The molecule has 3 rings (SSSR count). The maximum Gasteiger partial charge on any atom is 0.243 e. The normalized spacial score (nSPS) is 19.6. The molecule has 23 heavy (non-hydrogen) atoms. The summed E-state index contributed by atoms with van der Waals surface area (Å²) in [6, 6.07) is 5.91. The van der Waals surface area contributed by atoms with Crippen LogP contribution in [0, 0.1) is 0 Å². The zero-order chi connectivity index (χ0) is 16.3. The molecule has 0 radical (unpaired) electrons. The number of aliphatic hydroxyl groups is 1. The van der Waals surface area contributed by atoms with Crippen molar-refractivity contribution in [2.45, 2.75) is 51.2 Å². The molecule has 1 aliphatic rings. The Balaban J connectivity index is 1.59. The molecule has 6 heteroatoms. The van der Waals surface area contributed by atoms with E-state index in [0.717, 1.165) is 43.9 Å². The zero-order valence-electron chi connectivity index (χ0n) is 13.8. The quantitative estimate of drug-likeness (QED) is 0.911. The van der Waals surface area contributed by atoms with Crippen LogP contribution in [0.4, 0.5) is 0 Å². The number of likely N-dealkylation sites (tertiary alicyclic amines) is 1. The number of hydrogen-bond donors (Lipinski definition) is 1. The first kappa shape index (κ1) is 16.1. The van der Waals surface area contributed by atoms with Crippen molar-refractivity contribution in [3.05, 3.63) is 41.8 Å². The number of rotatable bonds is 5. The van der Waals surface area contributed by atoms with Crippen LogP contribution in [0.25, 0.3) is 0 Å². The highest BCUT2D eigenvalue weighted by Gasteiger charge is 2.35. The highest BCUT2D eigenvalue weighted by molar-refractivity contribution is 5.08. The molecule has 1 unspecified atom stereocenters. The molecule has 1 aliphatic heterocycles. The first-order valence-electron chi connectivity index (χ1n) is 8.28. The second-order valence-corrected chi connectivity index (χ2v) is 6.34. The van der Waals surface area contributed by atoms with Gasteiger partial charge in [0.05, 0.1) is 11.6 Å². The van der Waals surface area contributed by atoms with Gasteiger partial charge in [-0.1, -0.05) is 18.1 Å². The predicted octanol–water partition coefficient (Wildman–Crippen LogP) is 2.16. The smallest absolute Gasteiger partial charge is 0.243 e. The van der Waals surface area contributed by atoms with E-state index < -0.39 is 5.60 Å². The first-order chi connectivity index (χ1) is 11.1. The summed E-state index contributed by atoms with van der Waals surface area (Å²) in [6.45, 7) is 5.72. The molecule has 3 heterocycles. The van der Waals surface area contributed by atoms with Gasteiger partial charge >= 0.3 is 0 Å². The molecule has 0 bridgehead atoms. The predicted molar refractivity (Wildman–Crippen MR) is 85.8 cm³/mol. The van der Waals surface area contributed by atoms with E-state index >= 15 is 0 Å². The van der Waals surface area contributed by atoms with Gasteiger partial charge in [-0.25, -0.2) is 0 Å². The third kappa shape index (κ3) is 3.76. The minimum Gasteiger partial charge on any atom is -0.389 e. The molecule has 0 spiro atoms. The van der Waals surface area contributed by atoms with E-state index in [4.69, 9.17) is 4.52 Å². The van der Waals surface area contributed by atoms with Crippen LogP contribution in [0.1, 0.15) is 50.1 Å². The Morgan fingerprint density at radius 1 is 1.35 bits per heavy atom. The lowest BCUT2D eigenvalue weighted by molar-refractivity contribution is -0.0326. The van der Waals surface area contributed by atoms with Crippen LogP contribution in [0.3, 0.4) is 0 Å². The van der Waals surface area contributed by atoms with Crippen molar-refractivity contribution >= 4 is 0 Å². The molecule has 2 aromatic heterocycles. The van der Waals surface area contributed by atoms with Gasteiger partial charge in [-0.15, -0.1) is 0 Å². The number of hydrogen-bond acceptors (Lipinski definition) is 6. The minimum atomic E-state index is -0.673. The van der Waals surface area contributed by atoms with Crippen LogP contribution in [0.15, 0.2) is 28.9 Å². The number of piperidine rings is 1. The maximum absolute atomic E-state index is 10.8. The number of aryl methyl sites for hydroxylation is 1. The Morgan fingerprint density at radius 2 is 2.13 bits per heavy atom. The summed E-state index contributed by atoms with van der Waals surface area (Å²) >= 11 is 0. The largest absolute Gasteiger partial charge is 0.389 e. The molecule has 0 amide bonds. The molecule has 0 saturated carbocycles. The topological polar surface area (TPSA) is 75.3 Å². The Morgan fingerprint density at radius 3 is 2.74 bits per heavy atom. The highest BCUT2D eigenvalue weighted by Crippen LogP contribution is 2.30. The summed E-state index contributed by atoms with van der Waals surface area (Å²) in [6.07, 6.45) is 4.61. The SMILES string of the molecule is CCc1noc(C(C)N2CCC(O)(Cc3ccccn3)CC2)n1. The molecule has 0 aromatic carbocycles. The summed E-state index contributed by atoms with van der Waals surface area (Å²) < 4.78 is 5.34. The average Bonchev–Trinajstić information content (AvgIpc) is 3.05. The fraction of sp³-hybridized carbons (Fsp3) is 0.588. The maximum atomic E-state index is 10.8. The third-order valence-electron chi connectivity index (χ3n) is 4.67. The second-order valence-electron chi connectivity index (χ2n) is 6.34.